The van der Waals surface area contributed by atoms with E-state index in [0.29, 0.717) is 0 Å². The van der Waals surface area contributed by atoms with Gasteiger partial charge >= 0.3 is 0 Å². The Hall–Kier alpha value is -0.120. The molecule has 0 radical (unpaired) electrons. The van der Waals surface area contributed by atoms with Crippen LogP contribution in [0.4, 0.5) is 0 Å². The summed E-state index contributed by atoms with van der Waals surface area (Å²) in [5, 5.41) is 17.9. The van der Waals surface area contributed by atoms with Gasteiger partial charge in [-0.25, -0.2) is 0 Å². The van der Waals surface area contributed by atoms with Crippen LogP contribution in [0, 0.1) is 0 Å². The molecule has 66 valence electrons. The zero-order valence-corrected chi connectivity index (χ0v) is 6.92. The molecule has 2 N–H and O–H groups in total. The van der Waals surface area contributed by atoms with Crippen LogP contribution in [0.2, 0.25) is 0 Å². The zero-order chi connectivity index (χ0) is 8.32. The standard InChI is InChI=1S/C8H16O3/c1-7-3-2-4-8(5-9,6-10)11-7/h7,9-10H,2-6H2,1H3/t7-/m1/s1. The first-order chi connectivity index (χ1) is 5.22. The molecule has 0 unspecified atom stereocenters. The first-order valence-corrected chi connectivity index (χ1v) is 4.12. The number of ether oxygens (including phenoxy) is 1. The molecule has 1 aliphatic rings. The summed E-state index contributed by atoms with van der Waals surface area (Å²) in [5.74, 6) is 0. The van der Waals surface area contributed by atoms with Crippen molar-refractivity contribution in [2.24, 2.45) is 0 Å². The van der Waals surface area contributed by atoms with Gasteiger partial charge in [0.1, 0.15) is 5.60 Å². The Morgan fingerprint density at radius 3 is 2.45 bits per heavy atom. The van der Waals surface area contributed by atoms with E-state index in [-0.39, 0.29) is 19.3 Å². The summed E-state index contributed by atoms with van der Waals surface area (Å²) in [4.78, 5) is 0. The molecule has 0 aromatic carbocycles. The maximum atomic E-state index is 8.97. The normalized spacial score (nSPS) is 30.3. The molecule has 3 heteroatoms. The summed E-state index contributed by atoms with van der Waals surface area (Å²) >= 11 is 0. The highest BCUT2D eigenvalue weighted by atomic mass is 16.5. The zero-order valence-electron chi connectivity index (χ0n) is 6.92. The van der Waals surface area contributed by atoms with E-state index in [9.17, 15) is 0 Å². The van der Waals surface area contributed by atoms with Gasteiger partial charge in [0.05, 0.1) is 19.3 Å². The van der Waals surface area contributed by atoms with Gasteiger partial charge < -0.3 is 14.9 Å². The van der Waals surface area contributed by atoms with Crippen LogP contribution in [0.3, 0.4) is 0 Å². The van der Waals surface area contributed by atoms with Crippen LogP contribution < -0.4 is 0 Å². The second-order valence-electron chi connectivity index (χ2n) is 3.32. The molecule has 1 rings (SSSR count). The van der Waals surface area contributed by atoms with Gasteiger partial charge in [0.15, 0.2) is 0 Å². The molecule has 0 saturated carbocycles. The lowest BCUT2D eigenvalue weighted by molar-refractivity contribution is -0.164. The summed E-state index contributed by atoms with van der Waals surface area (Å²) in [6, 6.07) is 0. The minimum Gasteiger partial charge on any atom is -0.393 e. The van der Waals surface area contributed by atoms with E-state index in [2.05, 4.69) is 0 Å². The van der Waals surface area contributed by atoms with Gasteiger partial charge in [-0.05, 0) is 26.2 Å². The van der Waals surface area contributed by atoms with Gasteiger partial charge in [0.2, 0.25) is 0 Å². The maximum absolute atomic E-state index is 8.97. The number of aliphatic hydroxyl groups is 2. The van der Waals surface area contributed by atoms with Crippen molar-refractivity contribution in [1.29, 1.82) is 0 Å². The Labute approximate surface area is 67.0 Å². The summed E-state index contributed by atoms with van der Waals surface area (Å²) < 4.78 is 5.47. The molecule has 1 heterocycles. The summed E-state index contributed by atoms with van der Waals surface area (Å²) in [7, 11) is 0. The maximum Gasteiger partial charge on any atom is 0.114 e. The highest BCUT2D eigenvalue weighted by molar-refractivity contribution is 4.84. The molecule has 11 heavy (non-hydrogen) atoms. The SMILES string of the molecule is C[C@@H]1CCCC(CO)(CO)O1. The molecular formula is C8H16O3. The fraction of sp³-hybridized carbons (Fsp3) is 1.00. The van der Waals surface area contributed by atoms with E-state index in [4.69, 9.17) is 14.9 Å². The third-order valence-corrected chi connectivity index (χ3v) is 2.27. The lowest BCUT2D eigenvalue weighted by atomic mass is 9.93. The van der Waals surface area contributed by atoms with Crippen molar-refractivity contribution >= 4 is 0 Å². The largest absolute Gasteiger partial charge is 0.393 e. The number of hydrogen-bond acceptors (Lipinski definition) is 3. The Balaban J connectivity index is 2.52. The van der Waals surface area contributed by atoms with Crippen LogP contribution in [-0.4, -0.2) is 35.1 Å². The van der Waals surface area contributed by atoms with Crippen molar-refractivity contribution in [2.75, 3.05) is 13.2 Å². The van der Waals surface area contributed by atoms with E-state index in [0.717, 1.165) is 19.3 Å². The molecule has 0 amide bonds. The average molecular weight is 160 g/mol. The minimum absolute atomic E-state index is 0.0756. The third-order valence-electron chi connectivity index (χ3n) is 2.27. The second-order valence-corrected chi connectivity index (χ2v) is 3.32. The summed E-state index contributed by atoms with van der Waals surface area (Å²) in [5.41, 5.74) is -0.655. The van der Waals surface area contributed by atoms with Crippen molar-refractivity contribution in [1.82, 2.24) is 0 Å². The van der Waals surface area contributed by atoms with Crippen LogP contribution in [0.25, 0.3) is 0 Å². The number of hydrogen-bond donors (Lipinski definition) is 2. The topological polar surface area (TPSA) is 49.7 Å². The van der Waals surface area contributed by atoms with Crippen molar-refractivity contribution in [3.05, 3.63) is 0 Å². The molecule has 3 nitrogen and oxygen atoms in total. The molecule has 1 saturated heterocycles. The lowest BCUT2D eigenvalue weighted by Crippen LogP contribution is -2.46. The first-order valence-electron chi connectivity index (χ1n) is 4.12. The molecule has 0 spiro atoms. The lowest BCUT2D eigenvalue weighted by Gasteiger charge is -2.37. The molecule has 0 aromatic heterocycles. The van der Waals surface area contributed by atoms with E-state index < -0.39 is 5.60 Å². The highest BCUT2D eigenvalue weighted by Crippen LogP contribution is 2.27. The van der Waals surface area contributed by atoms with E-state index in [1.165, 1.54) is 0 Å². The molecular weight excluding hydrogens is 144 g/mol. The molecule has 1 aliphatic heterocycles. The average Bonchev–Trinajstić information content (AvgIpc) is 2.04. The van der Waals surface area contributed by atoms with Crippen molar-refractivity contribution in [3.8, 4) is 0 Å². The van der Waals surface area contributed by atoms with Crippen molar-refractivity contribution in [2.45, 2.75) is 37.9 Å². The summed E-state index contributed by atoms with van der Waals surface area (Å²) in [6.07, 6.45) is 3.00. The summed E-state index contributed by atoms with van der Waals surface area (Å²) in [6.45, 7) is 1.82. The Morgan fingerprint density at radius 1 is 1.45 bits per heavy atom. The fourth-order valence-electron chi connectivity index (χ4n) is 1.54. The third kappa shape index (κ3) is 1.92. The van der Waals surface area contributed by atoms with Gasteiger partial charge in [-0.3, -0.25) is 0 Å². The van der Waals surface area contributed by atoms with Crippen molar-refractivity contribution in [3.63, 3.8) is 0 Å². The second kappa shape index (κ2) is 3.52. The Kier molecular flexibility index (Phi) is 2.87. The minimum atomic E-state index is -0.655. The molecule has 1 atom stereocenters. The van der Waals surface area contributed by atoms with Crippen molar-refractivity contribution < 1.29 is 14.9 Å². The van der Waals surface area contributed by atoms with Gasteiger partial charge in [-0.1, -0.05) is 0 Å². The van der Waals surface area contributed by atoms with E-state index >= 15 is 0 Å². The predicted molar refractivity (Wildman–Crippen MR) is 41.3 cm³/mol. The molecule has 0 aromatic rings. The Morgan fingerprint density at radius 2 is 2.09 bits per heavy atom. The molecule has 0 aliphatic carbocycles. The van der Waals surface area contributed by atoms with Gasteiger partial charge in [0, 0.05) is 0 Å². The first kappa shape index (κ1) is 8.97. The van der Waals surface area contributed by atoms with Crippen LogP contribution in [0.5, 0.6) is 0 Å². The molecule has 0 bridgehead atoms. The fourth-order valence-corrected chi connectivity index (χ4v) is 1.54. The van der Waals surface area contributed by atoms with Crippen LogP contribution >= 0.6 is 0 Å². The van der Waals surface area contributed by atoms with Crippen LogP contribution in [-0.2, 0) is 4.74 Å². The van der Waals surface area contributed by atoms with E-state index in [1.807, 2.05) is 6.92 Å². The predicted octanol–water partition coefficient (Wildman–Crippen LogP) is 0.299. The Bertz CT molecular complexity index is 121. The monoisotopic (exact) mass is 160 g/mol. The van der Waals surface area contributed by atoms with Crippen LogP contribution in [0.1, 0.15) is 26.2 Å². The quantitative estimate of drug-likeness (QED) is 0.610. The van der Waals surface area contributed by atoms with E-state index in [1.54, 1.807) is 0 Å². The number of aliphatic hydroxyl groups excluding tert-OH is 2. The van der Waals surface area contributed by atoms with Crippen LogP contribution in [0.15, 0.2) is 0 Å². The smallest absolute Gasteiger partial charge is 0.114 e. The molecule has 1 fully saturated rings. The highest BCUT2D eigenvalue weighted by Gasteiger charge is 2.34. The van der Waals surface area contributed by atoms with Gasteiger partial charge in [-0.15, -0.1) is 0 Å². The number of rotatable bonds is 2. The van der Waals surface area contributed by atoms with Gasteiger partial charge in [-0.2, -0.15) is 0 Å². The van der Waals surface area contributed by atoms with Gasteiger partial charge in [0.25, 0.3) is 0 Å².